The number of carboxylic acid groups (broad SMARTS) is 2. The fourth-order valence-electron chi connectivity index (χ4n) is 2.21. The van der Waals surface area contributed by atoms with E-state index in [1.807, 2.05) is 44.4 Å². The minimum Gasteiger partial charge on any atom is -0.486 e. The molecule has 2 aromatic carbocycles. The van der Waals surface area contributed by atoms with Gasteiger partial charge in [-0.25, -0.2) is 23.1 Å². The predicted molar refractivity (Wildman–Crippen MR) is 106 cm³/mol. The molecule has 0 heterocycles. The van der Waals surface area contributed by atoms with E-state index in [1.54, 1.807) is 12.1 Å². The molecule has 0 aliphatic heterocycles. The van der Waals surface area contributed by atoms with Crippen molar-refractivity contribution >= 4 is 22.0 Å². The normalized spacial score (nSPS) is 11.9. The highest BCUT2D eigenvalue weighted by molar-refractivity contribution is 7.89. The Bertz CT molecular complexity index is 886. The SMILES string of the molecule is CN(C)CCC(Oc1ccc(S(N)(=O)=O)cc1)c1ccccc1.O=C(O)C(=O)O. The van der Waals surface area contributed by atoms with Crippen molar-refractivity contribution in [2.75, 3.05) is 20.6 Å². The van der Waals surface area contributed by atoms with E-state index in [9.17, 15) is 8.42 Å². The van der Waals surface area contributed by atoms with Gasteiger partial charge in [0.25, 0.3) is 0 Å². The standard InChI is InChI=1S/C17H22N2O3S.C2H2O4/c1-19(2)13-12-17(14-6-4-3-5-7-14)22-15-8-10-16(11-9-15)23(18,20)21;3-1(4)2(5)6/h3-11,17H,12-13H2,1-2H3,(H2,18,20,21);(H,3,4)(H,5,6). The zero-order valence-corrected chi connectivity index (χ0v) is 16.9. The van der Waals surface area contributed by atoms with Gasteiger partial charge < -0.3 is 19.8 Å². The number of carboxylic acids is 2. The molecule has 0 aliphatic rings. The summed E-state index contributed by atoms with van der Waals surface area (Å²) in [4.78, 5) is 20.4. The molecule has 1 unspecified atom stereocenters. The molecule has 29 heavy (non-hydrogen) atoms. The highest BCUT2D eigenvalue weighted by atomic mass is 32.2. The van der Waals surface area contributed by atoms with Crippen LogP contribution in [0.1, 0.15) is 18.1 Å². The lowest BCUT2D eigenvalue weighted by Gasteiger charge is -2.21. The first-order chi connectivity index (χ1) is 13.5. The molecule has 158 valence electrons. The molecular formula is C19H24N2O7S. The maximum Gasteiger partial charge on any atom is 0.414 e. The topological polar surface area (TPSA) is 147 Å². The molecule has 0 saturated carbocycles. The van der Waals surface area contributed by atoms with E-state index in [-0.39, 0.29) is 11.0 Å². The van der Waals surface area contributed by atoms with Gasteiger partial charge in [0.05, 0.1) is 4.90 Å². The van der Waals surface area contributed by atoms with E-state index in [0.717, 1.165) is 18.5 Å². The Labute approximate surface area is 169 Å². The van der Waals surface area contributed by atoms with Gasteiger partial charge in [-0.1, -0.05) is 30.3 Å². The van der Waals surface area contributed by atoms with Crippen LogP contribution in [-0.4, -0.2) is 56.1 Å². The zero-order chi connectivity index (χ0) is 22.0. The summed E-state index contributed by atoms with van der Waals surface area (Å²) < 4.78 is 28.6. The maximum absolute atomic E-state index is 11.3. The number of nitrogens with zero attached hydrogens (tertiary/aromatic N) is 1. The second-order valence-corrected chi connectivity index (χ2v) is 7.80. The third-order valence-corrected chi connectivity index (χ3v) is 4.55. The number of hydrogen-bond acceptors (Lipinski definition) is 6. The quantitative estimate of drug-likeness (QED) is 0.567. The van der Waals surface area contributed by atoms with Crippen molar-refractivity contribution in [1.82, 2.24) is 4.90 Å². The predicted octanol–water partition coefficient (Wildman–Crippen LogP) is 1.56. The van der Waals surface area contributed by atoms with Gasteiger partial charge in [0.1, 0.15) is 11.9 Å². The summed E-state index contributed by atoms with van der Waals surface area (Å²) in [6.45, 7) is 0.884. The third-order valence-electron chi connectivity index (χ3n) is 3.62. The maximum atomic E-state index is 11.3. The number of ether oxygens (including phenoxy) is 1. The number of hydrogen-bond donors (Lipinski definition) is 3. The molecule has 0 aliphatic carbocycles. The first-order valence-corrected chi connectivity index (χ1v) is 10.0. The number of benzene rings is 2. The highest BCUT2D eigenvalue weighted by Crippen LogP contribution is 2.25. The Hall–Kier alpha value is -2.95. The van der Waals surface area contributed by atoms with E-state index in [0.29, 0.717) is 5.75 Å². The van der Waals surface area contributed by atoms with Crippen LogP contribution in [0, 0.1) is 0 Å². The lowest BCUT2D eigenvalue weighted by molar-refractivity contribution is -0.159. The van der Waals surface area contributed by atoms with Crippen LogP contribution in [0.5, 0.6) is 5.75 Å². The second kappa shape index (κ2) is 11.1. The lowest BCUT2D eigenvalue weighted by atomic mass is 10.1. The average molecular weight is 424 g/mol. The van der Waals surface area contributed by atoms with Gasteiger partial charge >= 0.3 is 11.9 Å². The molecule has 1 atom stereocenters. The minimum absolute atomic E-state index is 0.0782. The van der Waals surface area contributed by atoms with E-state index in [1.165, 1.54) is 12.1 Å². The van der Waals surface area contributed by atoms with Crippen molar-refractivity contribution in [3.63, 3.8) is 0 Å². The summed E-state index contributed by atoms with van der Waals surface area (Å²) in [5, 5.41) is 19.9. The van der Waals surface area contributed by atoms with Crippen molar-refractivity contribution in [3.8, 4) is 5.75 Å². The minimum atomic E-state index is -3.68. The second-order valence-electron chi connectivity index (χ2n) is 6.24. The number of sulfonamides is 1. The van der Waals surface area contributed by atoms with E-state index >= 15 is 0 Å². The van der Waals surface area contributed by atoms with Crippen molar-refractivity contribution in [3.05, 3.63) is 60.2 Å². The largest absolute Gasteiger partial charge is 0.486 e. The molecule has 0 spiro atoms. The number of primary sulfonamides is 1. The molecule has 0 saturated heterocycles. The summed E-state index contributed by atoms with van der Waals surface area (Å²) in [5.41, 5.74) is 1.09. The Balaban J connectivity index is 0.000000612. The summed E-state index contributed by atoms with van der Waals surface area (Å²) in [6.07, 6.45) is 0.729. The Kier molecular flexibility index (Phi) is 9.26. The van der Waals surface area contributed by atoms with Crippen LogP contribution in [-0.2, 0) is 19.6 Å². The van der Waals surface area contributed by atoms with Gasteiger partial charge in [0.15, 0.2) is 0 Å². The third kappa shape index (κ3) is 9.19. The Morgan fingerprint density at radius 3 is 1.93 bits per heavy atom. The van der Waals surface area contributed by atoms with Gasteiger partial charge in [-0.2, -0.15) is 0 Å². The van der Waals surface area contributed by atoms with Crippen molar-refractivity contribution in [2.45, 2.75) is 17.4 Å². The molecule has 0 fully saturated rings. The number of aliphatic carboxylic acids is 2. The van der Waals surface area contributed by atoms with Crippen molar-refractivity contribution in [1.29, 1.82) is 0 Å². The van der Waals surface area contributed by atoms with Crippen LogP contribution in [0.15, 0.2) is 59.5 Å². The van der Waals surface area contributed by atoms with E-state index in [2.05, 4.69) is 4.90 Å². The number of rotatable bonds is 7. The van der Waals surface area contributed by atoms with Crippen LogP contribution >= 0.6 is 0 Å². The van der Waals surface area contributed by atoms with Crippen molar-refractivity contribution in [2.24, 2.45) is 5.14 Å². The molecule has 9 nitrogen and oxygen atoms in total. The van der Waals surface area contributed by atoms with Gasteiger partial charge in [0, 0.05) is 13.0 Å². The molecular weight excluding hydrogens is 400 g/mol. The van der Waals surface area contributed by atoms with Crippen molar-refractivity contribution < 1.29 is 33.0 Å². The first kappa shape index (κ1) is 24.1. The molecule has 10 heteroatoms. The van der Waals surface area contributed by atoms with E-state index in [4.69, 9.17) is 29.7 Å². The first-order valence-electron chi connectivity index (χ1n) is 8.46. The molecule has 0 radical (unpaired) electrons. The summed E-state index contributed by atoms with van der Waals surface area (Å²) >= 11 is 0. The molecule has 2 aromatic rings. The fourth-order valence-corrected chi connectivity index (χ4v) is 2.72. The van der Waals surface area contributed by atoms with Crippen LogP contribution in [0.3, 0.4) is 0 Å². The highest BCUT2D eigenvalue weighted by Gasteiger charge is 2.14. The molecule has 2 rings (SSSR count). The Morgan fingerprint density at radius 2 is 1.52 bits per heavy atom. The van der Waals surface area contributed by atoms with Crippen LogP contribution in [0.2, 0.25) is 0 Å². The fraction of sp³-hybridized carbons (Fsp3) is 0.263. The monoisotopic (exact) mass is 424 g/mol. The molecule has 4 N–H and O–H groups in total. The zero-order valence-electron chi connectivity index (χ0n) is 16.1. The summed E-state index contributed by atoms with van der Waals surface area (Å²) in [7, 11) is 0.350. The van der Waals surface area contributed by atoms with Crippen LogP contribution in [0.25, 0.3) is 0 Å². The lowest BCUT2D eigenvalue weighted by Crippen LogP contribution is -2.18. The summed E-state index contributed by atoms with van der Waals surface area (Å²) in [5.74, 6) is -3.03. The Morgan fingerprint density at radius 1 is 1.00 bits per heavy atom. The van der Waals surface area contributed by atoms with Gasteiger partial charge in [-0.05, 0) is 43.9 Å². The average Bonchev–Trinajstić information content (AvgIpc) is 2.65. The molecule has 0 aromatic heterocycles. The van der Waals surface area contributed by atoms with Crippen LogP contribution < -0.4 is 9.88 Å². The smallest absolute Gasteiger partial charge is 0.414 e. The van der Waals surface area contributed by atoms with Crippen LogP contribution in [0.4, 0.5) is 0 Å². The van der Waals surface area contributed by atoms with Gasteiger partial charge in [-0.15, -0.1) is 0 Å². The number of carbonyl (C=O) groups is 2. The molecule has 0 bridgehead atoms. The molecule has 0 amide bonds. The van der Waals surface area contributed by atoms with E-state index < -0.39 is 22.0 Å². The number of nitrogens with two attached hydrogens (primary N) is 1. The summed E-state index contributed by atoms with van der Waals surface area (Å²) in [6, 6.07) is 16.1. The van der Waals surface area contributed by atoms with Gasteiger partial charge in [-0.3, -0.25) is 0 Å². The van der Waals surface area contributed by atoms with Gasteiger partial charge in [0.2, 0.25) is 10.0 Å².